The van der Waals surface area contributed by atoms with Gasteiger partial charge in [0.25, 0.3) is 0 Å². The third-order valence-electron chi connectivity index (χ3n) is 2.42. The Morgan fingerprint density at radius 2 is 2.29 bits per heavy atom. The van der Waals surface area contributed by atoms with E-state index in [1.54, 1.807) is 12.1 Å². The molecular weight excluding hydrogens is 212 g/mol. The maximum Gasteiger partial charge on any atom is 0.0598 e. The van der Waals surface area contributed by atoms with E-state index in [0.717, 1.165) is 5.56 Å². The second-order valence-electron chi connectivity index (χ2n) is 3.74. The van der Waals surface area contributed by atoms with Gasteiger partial charge >= 0.3 is 0 Å². The summed E-state index contributed by atoms with van der Waals surface area (Å²) in [7, 11) is 0. The van der Waals surface area contributed by atoms with Crippen molar-refractivity contribution in [1.82, 2.24) is 4.90 Å². The van der Waals surface area contributed by atoms with E-state index in [9.17, 15) is 0 Å². The summed E-state index contributed by atoms with van der Waals surface area (Å²) in [4.78, 5) is 4.02. The second-order valence-corrected chi connectivity index (χ2v) is 3.74. The Morgan fingerprint density at radius 1 is 1.59 bits per heavy atom. The minimum absolute atomic E-state index is 0.0779. The molecule has 0 heterocycles. The van der Waals surface area contributed by atoms with Gasteiger partial charge in [-0.2, -0.15) is 0 Å². The molecule has 1 rings (SSSR count). The van der Waals surface area contributed by atoms with Gasteiger partial charge in [-0.25, -0.2) is 0 Å². The molecule has 1 aromatic carbocycles. The first-order valence-electron chi connectivity index (χ1n) is 6.72. The number of hydrogen-bond acceptors (Lipinski definition) is 2. The van der Waals surface area contributed by atoms with E-state index >= 15 is 0 Å². The van der Waals surface area contributed by atoms with Gasteiger partial charge in [-0.15, -0.1) is 6.42 Å². The van der Waals surface area contributed by atoms with Crippen LogP contribution in [-0.2, 0) is 6.42 Å². The van der Waals surface area contributed by atoms with Gasteiger partial charge in [-0.1, -0.05) is 35.3 Å². The molecule has 1 atom stereocenters. The third kappa shape index (κ3) is 4.20. The summed E-state index contributed by atoms with van der Waals surface area (Å²) in [6, 6.07) is 6.80. The molecule has 88 valence electrons. The smallest absolute Gasteiger partial charge is 0.0598 e. The van der Waals surface area contributed by atoms with Crippen LogP contribution in [0.5, 0.6) is 0 Å². The van der Waals surface area contributed by atoms with Crippen LogP contribution in [-0.4, -0.2) is 24.5 Å². The summed E-state index contributed by atoms with van der Waals surface area (Å²) in [6.07, 6.45) is 5.77. The average molecular weight is 231 g/mol. The predicted molar refractivity (Wildman–Crippen MR) is 69.9 cm³/mol. The minimum atomic E-state index is -2.21. The zero-order chi connectivity index (χ0) is 15.2. The van der Waals surface area contributed by atoms with Crippen molar-refractivity contribution in [2.75, 3.05) is 13.5 Å². The quantitative estimate of drug-likeness (QED) is 0.332. The lowest BCUT2D eigenvalue weighted by atomic mass is 10.1. The largest absolute Gasteiger partial charge is 0.292 e. The molecule has 0 saturated carbocycles. The van der Waals surface area contributed by atoms with Crippen LogP contribution in [0.15, 0.2) is 29.4 Å². The van der Waals surface area contributed by atoms with Gasteiger partial charge in [0.1, 0.15) is 0 Å². The molecule has 1 aromatic rings. The Hall–Kier alpha value is -1.95. The maximum atomic E-state index is 8.33. The molecule has 0 radical (unpaired) electrons. The zero-order valence-corrected chi connectivity index (χ0v) is 9.67. The Kier molecular flexibility index (Phi) is 3.54. The fourth-order valence-electron chi connectivity index (χ4n) is 1.46. The number of benzene rings is 1. The summed E-state index contributed by atoms with van der Waals surface area (Å²) >= 11 is 0. The summed E-state index contributed by atoms with van der Waals surface area (Å²) in [5.41, 5.74) is 9.81. The first-order valence-corrected chi connectivity index (χ1v) is 5.22. The fraction of sp³-hybridized carbons (Fsp3) is 0.385. The summed E-state index contributed by atoms with van der Waals surface area (Å²) < 4.78 is 22.5. The highest BCUT2D eigenvalue weighted by molar-refractivity contribution is 5.38. The van der Waals surface area contributed by atoms with Crippen molar-refractivity contribution in [2.24, 2.45) is 5.11 Å². The lowest BCUT2D eigenvalue weighted by Crippen LogP contribution is -2.31. The minimum Gasteiger partial charge on any atom is -0.292 e. The van der Waals surface area contributed by atoms with Gasteiger partial charge in [-0.3, -0.25) is 4.90 Å². The Labute approximate surface area is 106 Å². The molecule has 0 bridgehead atoms. The van der Waals surface area contributed by atoms with Gasteiger partial charge in [-0.05, 0) is 31.4 Å². The number of rotatable bonds is 5. The summed E-state index contributed by atoms with van der Waals surface area (Å²) in [6.45, 7) is -0.309. The van der Waals surface area contributed by atoms with Gasteiger partial charge in [0, 0.05) is 20.8 Å². The molecule has 0 fully saturated rings. The van der Waals surface area contributed by atoms with Crippen LogP contribution in [0.4, 0.5) is 5.69 Å². The molecule has 0 aromatic heterocycles. The van der Waals surface area contributed by atoms with Gasteiger partial charge in [0.05, 0.1) is 6.54 Å². The molecule has 4 heteroatoms. The van der Waals surface area contributed by atoms with E-state index < -0.39 is 6.98 Å². The first kappa shape index (κ1) is 9.12. The summed E-state index contributed by atoms with van der Waals surface area (Å²) in [5.74, 6) is 2.38. The molecule has 0 aliphatic rings. The number of hydrogen-bond donors (Lipinski definition) is 0. The van der Waals surface area contributed by atoms with Crippen molar-refractivity contribution in [3.63, 3.8) is 0 Å². The molecular formula is C13H16N4. The highest BCUT2D eigenvalue weighted by Gasteiger charge is 2.08. The van der Waals surface area contributed by atoms with Crippen LogP contribution in [0.3, 0.4) is 0 Å². The molecule has 0 amide bonds. The SMILES string of the molecule is [2H]C([2H])([2H])N(CC#C)C(C)Cc1ccc(N=[N+]=[N-])cc1. The van der Waals surface area contributed by atoms with Crippen LogP contribution >= 0.6 is 0 Å². The lowest BCUT2D eigenvalue weighted by Gasteiger charge is -2.22. The van der Waals surface area contributed by atoms with E-state index in [1.807, 2.05) is 19.1 Å². The lowest BCUT2D eigenvalue weighted by molar-refractivity contribution is 0.287. The highest BCUT2D eigenvalue weighted by atomic mass is 15.1. The van der Waals surface area contributed by atoms with Crippen molar-refractivity contribution in [1.29, 1.82) is 0 Å². The van der Waals surface area contributed by atoms with Crippen molar-refractivity contribution < 1.29 is 4.11 Å². The van der Waals surface area contributed by atoms with E-state index in [2.05, 4.69) is 15.9 Å². The Morgan fingerprint density at radius 3 is 2.82 bits per heavy atom. The number of likely N-dealkylation sites (N-methyl/N-ethyl adjacent to an activating group) is 1. The van der Waals surface area contributed by atoms with Gasteiger partial charge in [0.2, 0.25) is 0 Å². The first-order chi connectivity index (χ1) is 9.38. The van der Waals surface area contributed by atoms with Crippen LogP contribution in [0.2, 0.25) is 0 Å². The molecule has 17 heavy (non-hydrogen) atoms. The number of nitrogens with zero attached hydrogens (tertiary/aromatic N) is 4. The number of terminal acetylenes is 1. The predicted octanol–water partition coefficient (Wildman–Crippen LogP) is 3.12. The molecule has 0 spiro atoms. The topological polar surface area (TPSA) is 52.0 Å². The van der Waals surface area contributed by atoms with Crippen molar-refractivity contribution >= 4 is 5.69 Å². The normalized spacial score (nSPS) is 15.0. The molecule has 0 aliphatic carbocycles. The summed E-state index contributed by atoms with van der Waals surface area (Å²) in [5, 5.41) is 3.48. The fourth-order valence-corrected chi connectivity index (χ4v) is 1.46. The van der Waals surface area contributed by atoms with Crippen LogP contribution in [0, 0.1) is 12.3 Å². The monoisotopic (exact) mass is 231 g/mol. The number of azide groups is 1. The molecule has 4 nitrogen and oxygen atoms in total. The van der Waals surface area contributed by atoms with E-state index in [4.69, 9.17) is 16.1 Å². The molecule has 1 unspecified atom stereocenters. The van der Waals surface area contributed by atoms with E-state index in [1.165, 1.54) is 4.90 Å². The molecule has 0 N–H and O–H groups in total. The second kappa shape index (κ2) is 6.59. The van der Waals surface area contributed by atoms with Gasteiger partial charge < -0.3 is 0 Å². The Bertz CT molecular complexity index is 524. The van der Waals surface area contributed by atoms with Crippen molar-refractivity contribution in [3.05, 3.63) is 40.3 Å². The molecule has 0 saturated heterocycles. The van der Waals surface area contributed by atoms with E-state index in [0.29, 0.717) is 12.1 Å². The van der Waals surface area contributed by atoms with Crippen molar-refractivity contribution in [2.45, 2.75) is 19.4 Å². The van der Waals surface area contributed by atoms with Gasteiger partial charge in [0.15, 0.2) is 0 Å². The van der Waals surface area contributed by atoms with Crippen molar-refractivity contribution in [3.8, 4) is 12.3 Å². The van der Waals surface area contributed by atoms with Crippen LogP contribution in [0.25, 0.3) is 10.4 Å². The van der Waals surface area contributed by atoms with E-state index in [-0.39, 0.29) is 12.6 Å². The standard InChI is InChI=1S/C13H16N4/c1-4-9-17(3)11(2)10-12-5-7-13(8-6-12)15-16-14/h1,5-8,11H,9-10H2,2-3H3/i3D3. The molecule has 0 aliphatic heterocycles. The Balaban J connectivity index is 2.80. The van der Waals surface area contributed by atoms with Crippen LogP contribution < -0.4 is 0 Å². The highest BCUT2D eigenvalue weighted by Crippen LogP contribution is 2.15. The average Bonchev–Trinajstić information content (AvgIpc) is 2.37. The van der Waals surface area contributed by atoms with Crippen LogP contribution in [0.1, 0.15) is 16.6 Å². The zero-order valence-electron chi connectivity index (χ0n) is 12.7. The maximum absolute atomic E-state index is 8.33. The third-order valence-corrected chi connectivity index (χ3v) is 2.42.